The molecule has 0 unspecified atom stereocenters. The SMILES string of the molecule is Cn1c(C(N)=S)c(-c2ccccc2)c2nc(Cl)ccc21. The van der Waals surface area contributed by atoms with Crippen molar-refractivity contribution in [3.05, 3.63) is 53.3 Å². The summed E-state index contributed by atoms with van der Waals surface area (Å²) in [6, 6.07) is 13.6. The zero-order valence-corrected chi connectivity index (χ0v) is 12.4. The van der Waals surface area contributed by atoms with Gasteiger partial charge >= 0.3 is 0 Å². The second kappa shape index (κ2) is 4.89. The second-order valence-electron chi connectivity index (χ2n) is 4.51. The van der Waals surface area contributed by atoms with Crippen LogP contribution in [-0.4, -0.2) is 14.5 Å². The van der Waals surface area contributed by atoms with Gasteiger partial charge < -0.3 is 10.3 Å². The largest absolute Gasteiger partial charge is 0.388 e. The van der Waals surface area contributed by atoms with Crippen molar-refractivity contribution in [1.82, 2.24) is 9.55 Å². The molecule has 3 rings (SSSR count). The Hall–Kier alpha value is -1.91. The first-order chi connectivity index (χ1) is 9.59. The number of benzene rings is 1. The number of nitrogens with two attached hydrogens (primary N) is 1. The zero-order valence-electron chi connectivity index (χ0n) is 10.8. The number of hydrogen-bond donors (Lipinski definition) is 1. The van der Waals surface area contributed by atoms with Crippen molar-refractivity contribution in [2.45, 2.75) is 0 Å². The van der Waals surface area contributed by atoms with E-state index in [4.69, 9.17) is 29.6 Å². The van der Waals surface area contributed by atoms with Gasteiger partial charge in [-0.15, -0.1) is 0 Å². The van der Waals surface area contributed by atoms with Gasteiger partial charge in [-0.25, -0.2) is 4.98 Å². The molecule has 0 saturated carbocycles. The lowest BCUT2D eigenvalue weighted by Crippen LogP contribution is -2.14. The van der Waals surface area contributed by atoms with Gasteiger partial charge in [-0.1, -0.05) is 54.2 Å². The summed E-state index contributed by atoms with van der Waals surface area (Å²) in [7, 11) is 1.93. The molecule has 0 fully saturated rings. The summed E-state index contributed by atoms with van der Waals surface area (Å²) in [5, 5.41) is 0.453. The molecular weight excluding hydrogens is 290 g/mol. The van der Waals surface area contributed by atoms with Gasteiger partial charge in [0.2, 0.25) is 0 Å². The minimum Gasteiger partial charge on any atom is -0.388 e. The summed E-state index contributed by atoms with van der Waals surface area (Å²) < 4.78 is 1.96. The van der Waals surface area contributed by atoms with E-state index in [-0.39, 0.29) is 0 Å². The molecule has 3 aromatic rings. The molecule has 20 heavy (non-hydrogen) atoms. The number of rotatable bonds is 2. The van der Waals surface area contributed by atoms with E-state index in [9.17, 15) is 0 Å². The molecule has 2 N–H and O–H groups in total. The maximum Gasteiger partial charge on any atom is 0.129 e. The number of pyridine rings is 1. The molecule has 100 valence electrons. The van der Waals surface area contributed by atoms with E-state index in [1.165, 1.54) is 0 Å². The number of aryl methyl sites for hydroxylation is 1. The van der Waals surface area contributed by atoms with Gasteiger partial charge in [0.1, 0.15) is 10.1 Å². The molecular formula is C15H12ClN3S. The highest BCUT2D eigenvalue weighted by Crippen LogP contribution is 2.33. The van der Waals surface area contributed by atoms with E-state index in [1.807, 2.05) is 48.0 Å². The van der Waals surface area contributed by atoms with Gasteiger partial charge in [0.25, 0.3) is 0 Å². The molecule has 2 aromatic heterocycles. The van der Waals surface area contributed by atoms with E-state index < -0.39 is 0 Å². The third-order valence-electron chi connectivity index (χ3n) is 3.31. The molecule has 5 heteroatoms. The van der Waals surface area contributed by atoms with Crippen LogP contribution < -0.4 is 5.73 Å². The number of halogens is 1. The van der Waals surface area contributed by atoms with Crippen LogP contribution in [0.25, 0.3) is 22.2 Å². The molecule has 3 nitrogen and oxygen atoms in total. The fourth-order valence-electron chi connectivity index (χ4n) is 2.45. The van der Waals surface area contributed by atoms with E-state index >= 15 is 0 Å². The predicted molar refractivity (Wildman–Crippen MR) is 87.0 cm³/mol. The third-order valence-corrected chi connectivity index (χ3v) is 3.71. The molecule has 0 amide bonds. The fraction of sp³-hybridized carbons (Fsp3) is 0.0667. The third kappa shape index (κ3) is 1.97. The first-order valence-electron chi connectivity index (χ1n) is 6.09. The van der Waals surface area contributed by atoms with Crippen LogP contribution in [-0.2, 0) is 7.05 Å². The summed E-state index contributed by atoms with van der Waals surface area (Å²) in [6.07, 6.45) is 0. The van der Waals surface area contributed by atoms with Crippen LogP contribution >= 0.6 is 23.8 Å². The molecule has 0 atom stereocenters. The number of hydrogen-bond acceptors (Lipinski definition) is 2. The van der Waals surface area contributed by atoms with Gasteiger partial charge in [-0.2, -0.15) is 0 Å². The first-order valence-corrected chi connectivity index (χ1v) is 6.88. The Kier molecular flexibility index (Phi) is 3.20. The Labute approximate surface area is 127 Å². The van der Waals surface area contributed by atoms with Crippen LogP contribution in [0.3, 0.4) is 0 Å². The molecule has 0 aliphatic rings. The van der Waals surface area contributed by atoms with Gasteiger partial charge in [0.15, 0.2) is 0 Å². The van der Waals surface area contributed by atoms with Crippen molar-refractivity contribution >= 4 is 39.8 Å². The van der Waals surface area contributed by atoms with E-state index in [1.54, 1.807) is 6.07 Å². The predicted octanol–water partition coefficient (Wildman–Crippen LogP) is 3.53. The first kappa shape index (κ1) is 13.1. The lowest BCUT2D eigenvalue weighted by Gasteiger charge is -2.05. The molecule has 0 bridgehead atoms. The average Bonchev–Trinajstić information content (AvgIpc) is 2.72. The molecule has 0 spiro atoms. The maximum atomic E-state index is 6.03. The highest BCUT2D eigenvalue weighted by molar-refractivity contribution is 7.80. The van der Waals surface area contributed by atoms with Gasteiger partial charge in [-0.3, -0.25) is 0 Å². The van der Waals surface area contributed by atoms with E-state index in [0.29, 0.717) is 10.1 Å². The van der Waals surface area contributed by atoms with E-state index in [0.717, 1.165) is 27.9 Å². The van der Waals surface area contributed by atoms with Crippen LogP contribution in [0.2, 0.25) is 5.15 Å². The number of thiocarbonyl (C=S) groups is 1. The van der Waals surface area contributed by atoms with Crippen molar-refractivity contribution in [3.63, 3.8) is 0 Å². The van der Waals surface area contributed by atoms with Gasteiger partial charge in [-0.05, 0) is 17.7 Å². The Bertz CT molecular complexity index is 809. The topological polar surface area (TPSA) is 43.8 Å². The molecule has 1 aromatic carbocycles. The van der Waals surface area contributed by atoms with Crippen molar-refractivity contribution in [1.29, 1.82) is 0 Å². The van der Waals surface area contributed by atoms with E-state index in [2.05, 4.69) is 4.98 Å². The van der Waals surface area contributed by atoms with Crippen LogP contribution in [0.1, 0.15) is 5.69 Å². The smallest absolute Gasteiger partial charge is 0.129 e. The van der Waals surface area contributed by atoms with Crippen LogP contribution in [0, 0.1) is 0 Å². The minimum absolute atomic E-state index is 0.348. The highest BCUT2D eigenvalue weighted by Gasteiger charge is 2.19. The maximum absolute atomic E-state index is 6.03. The summed E-state index contributed by atoms with van der Waals surface area (Å²) in [6.45, 7) is 0. The van der Waals surface area contributed by atoms with Crippen LogP contribution in [0.5, 0.6) is 0 Å². The summed E-state index contributed by atoms with van der Waals surface area (Å²) in [5.41, 5.74) is 10.4. The monoisotopic (exact) mass is 301 g/mol. The van der Waals surface area contributed by atoms with Crippen LogP contribution in [0.4, 0.5) is 0 Å². The van der Waals surface area contributed by atoms with Gasteiger partial charge in [0, 0.05) is 12.6 Å². The lowest BCUT2D eigenvalue weighted by atomic mass is 10.0. The molecule has 0 radical (unpaired) electrons. The Balaban J connectivity index is 2.47. The number of nitrogens with zero attached hydrogens (tertiary/aromatic N) is 2. The quantitative estimate of drug-likeness (QED) is 0.582. The molecule has 0 saturated heterocycles. The second-order valence-corrected chi connectivity index (χ2v) is 5.34. The summed E-state index contributed by atoms with van der Waals surface area (Å²) >= 11 is 11.2. The highest BCUT2D eigenvalue weighted by atomic mass is 35.5. The Morgan fingerprint density at radius 1 is 1.20 bits per heavy atom. The van der Waals surface area contributed by atoms with Crippen molar-refractivity contribution in [2.75, 3.05) is 0 Å². The number of aromatic nitrogens is 2. The minimum atomic E-state index is 0.348. The van der Waals surface area contributed by atoms with Crippen molar-refractivity contribution < 1.29 is 0 Å². The van der Waals surface area contributed by atoms with Gasteiger partial charge in [0.05, 0.1) is 16.7 Å². The van der Waals surface area contributed by atoms with Crippen molar-refractivity contribution in [3.8, 4) is 11.1 Å². The summed E-state index contributed by atoms with van der Waals surface area (Å²) in [4.78, 5) is 4.79. The standard InChI is InChI=1S/C15H12ClN3S/c1-19-10-7-8-11(16)18-13(10)12(14(19)15(17)20)9-5-3-2-4-6-9/h2-8H,1H3,(H2,17,20). The molecule has 2 heterocycles. The Morgan fingerprint density at radius 3 is 2.55 bits per heavy atom. The van der Waals surface area contributed by atoms with Crippen molar-refractivity contribution in [2.24, 2.45) is 12.8 Å². The number of fused-ring (bicyclic) bond motifs is 1. The molecule has 0 aliphatic carbocycles. The zero-order chi connectivity index (χ0) is 14.3. The summed E-state index contributed by atoms with van der Waals surface area (Å²) in [5.74, 6) is 0. The Morgan fingerprint density at radius 2 is 1.90 bits per heavy atom. The lowest BCUT2D eigenvalue weighted by molar-refractivity contribution is 0.956. The average molecular weight is 302 g/mol. The normalized spacial score (nSPS) is 10.9. The van der Waals surface area contributed by atoms with Crippen LogP contribution in [0.15, 0.2) is 42.5 Å². The fourth-order valence-corrected chi connectivity index (χ4v) is 2.84. The molecule has 0 aliphatic heterocycles.